The molecular formula is C18H25NO5S. The molecule has 2 atom stereocenters. The standard InChI is InChI=1S/C18H25NO5S/c1-18(2,3)24-17(22)19-10-14(9-15(19)16(20)21)25-11-12-5-7-13(23-4)8-6-12/h5-8,14-15H,9-11H2,1-4H3,(H,20,21)/t14-,15-/m0/s1. The first-order chi connectivity index (χ1) is 11.7. The maximum Gasteiger partial charge on any atom is 0.411 e. The van der Waals surface area contributed by atoms with Gasteiger partial charge in [0, 0.05) is 17.5 Å². The smallest absolute Gasteiger partial charge is 0.411 e. The molecule has 1 N–H and O–H groups in total. The number of methoxy groups -OCH3 is 1. The monoisotopic (exact) mass is 367 g/mol. The van der Waals surface area contributed by atoms with Crippen molar-refractivity contribution in [3.63, 3.8) is 0 Å². The number of carbonyl (C=O) groups excluding carboxylic acids is 1. The number of carboxylic acid groups (broad SMARTS) is 1. The summed E-state index contributed by atoms with van der Waals surface area (Å²) in [4.78, 5) is 25.1. The highest BCUT2D eigenvalue weighted by atomic mass is 32.2. The van der Waals surface area contributed by atoms with Crippen molar-refractivity contribution in [3.8, 4) is 5.75 Å². The van der Waals surface area contributed by atoms with Crippen LogP contribution in [-0.4, -0.2) is 52.6 Å². The van der Waals surface area contributed by atoms with Crippen LogP contribution >= 0.6 is 11.8 Å². The summed E-state index contributed by atoms with van der Waals surface area (Å²) in [6.45, 7) is 5.69. The van der Waals surface area contributed by atoms with Gasteiger partial charge >= 0.3 is 12.1 Å². The summed E-state index contributed by atoms with van der Waals surface area (Å²) < 4.78 is 10.5. The van der Waals surface area contributed by atoms with Gasteiger partial charge in [-0.25, -0.2) is 9.59 Å². The van der Waals surface area contributed by atoms with Gasteiger partial charge < -0.3 is 14.6 Å². The third-order valence-electron chi connectivity index (χ3n) is 3.82. The van der Waals surface area contributed by atoms with E-state index in [1.54, 1.807) is 39.6 Å². The van der Waals surface area contributed by atoms with Crippen molar-refractivity contribution in [3.05, 3.63) is 29.8 Å². The van der Waals surface area contributed by atoms with Crippen molar-refractivity contribution in [1.82, 2.24) is 4.90 Å². The van der Waals surface area contributed by atoms with Crippen LogP contribution in [0.4, 0.5) is 4.79 Å². The first-order valence-corrected chi connectivity index (χ1v) is 9.21. The van der Waals surface area contributed by atoms with E-state index < -0.39 is 23.7 Å². The third kappa shape index (κ3) is 5.56. The molecule has 1 aliphatic heterocycles. The molecule has 0 saturated carbocycles. The van der Waals surface area contributed by atoms with E-state index in [-0.39, 0.29) is 5.25 Å². The van der Waals surface area contributed by atoms with E-state index in [1.165, 1.54) is 4.90 Å². The highest BCUT2D eigenvalue weighted by Crippen LogP contribution is 2.31. The Balaban J connectivity index is 1.96. The molecule has 0 unspecified atom stereocenters. The van der Waals surface area contributed by atoms with Gasteiger partial charge in [-0.3, -0.25) is 4.90 Å². The minimum Gasteiger partial charge on any atom is -0.497 e. The van der Waals surface area contributed by atoms with Gasteiger partial charge in [0.15, 0.2) is 0 Å². The molecule has 1 saturated heterocycles. The molecule has 138 valence electrons. The first kappa shape index (κ1) is 19.4. The lowest BCUT2D eigenvalue weighted by atomic mass is 10.2. The molecule has 0 radical (unpaired) electrons. The molecule has 6 nitrogen and oxygen atoms in total. The highest BCUT2D eigenvalue weighted by molar-refractivity contribution is 7.99. The SMILES string of the molecule is COc1ccc(CS[C@H]2C[C@@H](C(=O)O)N(C(=O)OC(C)(C)C)C2)cc1. The molecule has 0 aromatic heterocycles. The lowest BCUT2D eigenvalue weighted by Crippen LogP contribution is -2.43. The Kier molecular flexibility index (Phi) is 6.21. The molecule has 7 heteroatoms. The van der Waals surface area contributed by atoms with Gasteiger partial charge in [0.25, 0.3) is 0 Å². The van der Waals surface area contributed by atoms with Crippen LogP contribution in [0.3, 0.4) is 0 Å². The first-order valence-electron chi connectivity index (χ1n) is 8.16. The average molecular weight is 367 g/mol. The van der Waals surface area contributed by atoms with Gasteiger partial charge in [-0.1, -0.05) is 12.1 Å². The van der Waals surface area contributed by atoms with Gasteiger partial charge in [0.2, 0.25) is 0 Å². The number of aliphatic carboxylic acids is 1. The van der Waals surface area contributed by atoms with E-state index in [9.17, 15) is 14.7 Å². The summed E-state index contributed by atoms with van der Waals surface area (Å²) in [5, 5.41) is 9.48. The number of likely N-dealkylation sites (tertiary alicyclic amines) is 1. The quantitative estimate of drug-likeness (QED) is 0.860. The zero-order chi connectivity index (χ0) is 18.6. The molecule has 25 heavy (non-hydrogen) atoms. The molecule has 1 heterocycles. The van der Waals surface area contributed by atoms with Crippen LogP contribution < -0.4 is 4.74 Å². The van der Waals surface area contributed by atoms with Crippen molar-refractivity contribution in [2.24, 2.45) is 0 Å². The topological polar surface area (TPSA) is 76.1 Å². The second kappa shape index (κ2) is 7.99. The molecule has 1 fully saturated rings. The summed E-state index contributed by atoms with van der Waals surface area (Å²) in [5.74, 6) is 0.568. The van der Waals surface area contributed by atoms with Crippen LogP contribution in [0, 0.1) is 0 Å². The normalized spacial score (nSPS) is 20.4. The molecule has 1 aromatic rings. The highest BCUT2D eigenvalue weighted by Gasteiger charge is 2.41. The van der Waals surface area contributed by atoms with E-state index in [0.29, 0.717) is 13.0 Å². The molecule has 0 bridgehead atoms. The minimum absolute atomic E-state index is 0.0655. The molecule has 1 aromatic carbocycles. The number of nitrogens with zero attached hydrogens (tertiary/aromatic N) is 1. The Labute approximate surface area is 152 Å². The lowest BCUT2D eigenvalue weighted by molar-refractivity contribution is -0.142. The van der Waals surface area contributed by atoms with Crippen LogP contribution in [0.1, 0.15) is 32.8 Å². The second-order valence-electron chi connectivity index (χ2n) is 7.00. The van der Waals surface area contributed by atoms with Crippen LogP contribution in [-0.2, 0) is 15.3 Å². The van der Waals surface area contributed by atoms with E-state index in [1.807, 2.05) is 24.3 Å². The lowest BCUT2D eigenvalue weighted by Gasteiger charge is -2.26. The Morgan fingerprint density at radius 2 is 1.92 bits per heavy atom. The van der Waals surface area contributed by atoms with Gasteiger partial charge in [0.05, 0.1) is 7.11 Å². The summed E-state index contributed by atoms with van der Waals surface area (Å²) >= 11 is 1.66. The summed E-state index contributed by atoms with van der Waals surface area (Å²) in [6.07, 6.45) is -0.137. The number of carbonyl (C=O) groups is 2. The van der Waals surface area contributed by atoms with E-state index >= 15 is 0 Å². The zero-order valence-corrected chi connectivity index (χ0v) is 15.8. The van der Waals surface area contributed by atoms with Crippen LogP contribution in [0.5, 0.6) is 5.75 Å². The fraction of sp³-hybridized carbons (Fsp3) is 0.556. The van der Waals surface area contributed by atoms with E-state index in [0.717, 1.165) is 17.1 Å². The number of hydrogen-bond acceptors (Lipinski definition) is 5. The van der Waals surface area contributed by atoms with Crippen molar-refractivity contribution < 1.29 is 24.2 Å². The Morgan fingerprint density at radius 3 is 2.44 bits per heavy atom. The van der Waals surface area contributed by atoms with Gasteiger partial charge in [0.1, 0.15) is 17.4 Å². The molecule has 1 amide bonds. The minimum atomic E-state index is -0.988. The molecule has 0 spiro atoms. The van der Waals surface area contributed by atoms with Gasteiger partial charge in [-0.2, -0.15) is 11.8 Å². The predicted molar refractivity (Wildman–Crippen MR) is 97.1 cm³/mol. The van der Waals surface area contributed by atoms with Crippen LogP contribution in [0.25, 0.3) is 0 Å². The Hall–Kier alpha value is -1.89. The third-order valence-corrected chi connectivity index (χ3v) is 5.13. The zero-order valence-electron chi connectivity index (χ0n) is 15.0. The maximum absolute atomic E-state index is 12.3. The summed E-state index contributed by atoms with van der Waals surface area (Å²) in [6, 6.07) is 6.94. The number of rotatable bonds is 5. The summed E-state index contributed by atoms with van der Waals surface area (Å²) in [5.41, 5.74) is 0.488. The van der Waals surface area contributed by atoms with Crippen molar-refractivity contribution in [1.29, 1.82) is 0 Å². The second-order valence-corrected chi connectivity index (χ2v) is 8.29. The van der Waals surface area contributed by atoms with Crippen molar-refractivity contribution >= 4 is 23.8 Å². The maximum atomic E-state index is 12.3. The number of carboxylic acids is 1. The Morgan fingerprint density at radius 1 is 1.28 bits per heavy atom. The molecule has 0 aliphatic carbocycles. The van der Waals surface area contributed by atoms with Crippen molar-refractivity contribution in [2.45, 2.75) is 49.8 Å². The van der Waals surface area contributed by atoms with Crippen molar-refractivity contribution in [2.75, 3.05) is 13.7 Å². The number of amides is 1. The number of hydrogen-bond donors (Lipinski definition) is 1. The molecule has 1 aliphatic rings. The predicted octanol–water partition coefficient (Wildman–Crippen LogP) is 3.39. The fourth-order valence-corrected chi connectivity index (χ4v) is 3.82. The molecule has 2 rings (SSSR count). The van der Waals surface area contributed by atoms with E-state index in [2.05, 4.69) is 0 Å². The number of ether oxygens (including phenoxy) is 2. The number of benzene rings is 1. The van der Waals surface area contributed by atoms with Gasteiger partial charge in [-0.05, 0) is 44.9 Å². The van der Waals surface area contributed by atoms with Crippen LogP contribution in [0.2, 0.25) is 0 Å². The molecular weight excluding hydrogens is 342 g/mol. The number of thioether (sulfide) groups is 1. The largest absolute Gasteiger partial charge is 0.497 e. The van der Waals surface area contributed by atoms with Crippen LogP contribution in [0.15, 0.2) is 24.3 Å². The average Bonchev–Trinajstić information content (AvgIpc) is 2.96. The van der Waals surface area contributed by atoms with Gasteiger partial charge in [-0.15, -0.1) is 0 Å². The fourth-order valence-electron chi connectivity index (χ4n) is 2.61. The Bertz CT molecular complexity index is 611. The summed E-state index contributed by atoms with van der Waals surface area (Å²) in [7, 11) is 1.62. The van der Waals surface area contributed by atoms with E-state index in [4.69, 9.17) is 9.47 Å².